The predicted molar refractivity (Wildman–Crippen MR) is 88.0 cm³/mol. The third kappa shape index (κ3) is 7.58. The number of carbonyl (C=O) groups is 1. The molecule has 0 atom stereocenters. The molecule has 1 aliphatic rings. The Bertz CT molecular complexity index is 466. The number of carbonyl (C=O) groups excluding carboxylic acids is 1. The van der Waals surface area contributed by atoms with E-state index in [0.717, 1.165) is 25.7 Å². The summed E-state index contributed by atoms with van der Waals surface area (Å²) < 4.78 is 28.2. The van der Waals surface area contributed by atoms with Crippen LogP contribution in [-0.2, 0) is 4.79 Å². The van der Waals surface area contributed by atoms with Gasteiger partial charge in [0.05, 0.1) is 12.4 Å². The van der Waals surface area contributed by atoms with E-state index >= 15 is 0 Å². The van der Waals surface area contributed by atoms with Gasteiger partial charge in [-0.15, -0.1) is 0 Å². The molecule has 1 aromatic heterocycles. The number of alkyl halides is 2. The molecule has 1 fully saturated rings. The average Bonchev–Trinajstić information content (AvgIpc) is 2.52. The first-order chi connectivity index (χ1) is 11.0. The fourth-order valence-electron chi connectivity index (χ4n) is 2.30. The maximum Gasteiger partial charge on any atom is 0.387 e. The summed E-state index contributed by atoms with van der Waals surface area (Å²) >= 11 is 1.41. The van der Waals surface area contributed by atoms with E-state index in [2.05, 4.69) is 20.0 Å². The van der Waals surface area contributed by atoms with Crippen LogP contribution in [0.4, 0.5) is 14.7 Å². The lowest BCUT2D eigenvalue weighted by Crippen LogP contribution is -2.28. The molecular weight excluding hydrogens is 324 g/mol. The lowest BCUT2D eigenvalue weighted by Gasteiger charge is -2.28. The standard InChI is InChI=1S/C13H17F2N3O2S.C2H6/c1-8(19)21-11-4-2-9(3-5-11)18-13-16-6-10(7-17-13)20-12(14)15;1-2/h6-7,9,11-12H,2-5H2,1H3,(H,16,17,18);1-2H3. The van der Waals surface area contributed by atoms with Crippen LogP contribution in [0.2, 0.25) is 0 Å². The van der Waals surface area contributed by atoms with E-state index in [-0.39, 0.29) is 16.9 Å². The van der Waals surface area contributed by atoms with E-state index in [1.165, 1.54) is 24.2 Å². The first-order valence-electron chi connectivity index (χ1n) is 7.73. The fraction of sp³-hybridized carbons (Fsp3) is 0.667. The molecule has 0 radical (unpaired) electrons. The number of nitrogens with one attached hydrogen (secondary N) is 1. The van der Waals surface area contributed by atoms with Gasteiger partial charge in [0, 0.05) is 18.2 Å². The molecule has 0 bridgehead atoms. The molecule has 1 aromatic rings. The summed E-state index contributed by atoms with van der Waals surface area (Å²) in [5.41, 5.74) is 0. The Morgan fingerprint density at radius 2 is 1.83 bits per heavy atom. The predicted octanol–water partition coefficient (Wildman–Crippen LogP) is 4.11. The van der Waals surface area contributed by atoms with Crippen LogP contribution in [0.15, 0.2) is 12.4 Å². The van der Waals surface area contributed by atoms with Crippen molar-refractivity contribution in [3.63, 3.8) is 0 Å². The van der Waals surface area contributed by atoms with Crippen molar-refractivity contribution in [3.05, 3.63) is 12.4 Å². The van der Waals surface area contributed by atoms with Crippen molar-refractivity contribution in [3.8, 4) is 5.75 Å². The van der Waals surface area contributed by atoms with Gasteiger partial charge < -0.3 is 10.1 Å². The second-order valence-electron chi connectivity index (χ2n) is 4.85. The number of rotatable bonds is 5. The lowest BCUT2D eigenvalue weighted by molar-refractivity contribution is -0.109. The Kier molecular flexibility index (Phi) is 8.83. The highest BCUT2D eigenvalue weighted by Gasteiger charge is 2.23. The van der Waals surface area contributed by atoms with Gasteiger partial charge in [-0.2, -0.15) is 8.78 Å². The van der Waals surface area contributed by atoms with Crippen molar-refractivity contribution in [2.75, 3.05) is 5.32 Å². The molecule has 1 N–H and O–H groups in total. The van der Waals surface area contributed by atoms with Crippen LogP contribution in [0, 0.1) is 0 Å². The molecule has 23 heavy (non-hydrogen) atoms. The third-order valence-corrected chi connectivity index (χ3v) is 4.33. The van der Waals surface area contributed by atoms with Crippen LogP contribution in [-0.4, -0.2) is 33.0 Å². The van der Waals surface area contributed by atoms with Crippen molar-refractivity contribution in [2.45, 2.75) is 64.4 Å². The van der Waals surface area contributed by atoms with Crippen LogP contribution in [0.25, 0.3) is 0 Å². The van der Waals surface area contributed by atoms with Crippen LogP contribution in [0.5, 0.6) is 5.75 Å². The normalized spacial score (nSPS) is 20.4. The zero-order valence-electron chi connectivity index (χ0n) is 13.6. The summed E-state index contributed by atoms with van der Waals surface area (Å²) in [4.78, 5) is 19.0. The molecule has 1 heterocycles. The van der Waals surface area contributed by atoms with Crippen LogP contribution < -0.4 is 10.1 Å². The van der Waals surface area contributed by atoms with Gasteiger partial charge in [-0.1, -0.05) is 25.6 Å². The quantitative estimate of drug-likeness (QED) is 0.865. The lowest BCUT2D eigenvalue weighted by atomic mass is 9.95. The van der Waals surface area contributed by atoms with Crippen LogP contribution in [0.1, 0.15) is 46.5 Å². The molecular formula is C15H23F2N3O2S. The Hall–Kier alpha value is -1.44. The fourth-order valence-corrected chi connectivity index (χ4v) is 3.27. The van der Waals surface area contributed by atoms with E-state index < -0.39 is 6.61 Å². The molecule has 8 heteroatoms. The number of aromatic nitrogens is 2. The number of anilines is 1. The molecule has 0 aliphatic heterocycles. The molecule has 5 nitrogen and oxygen atoms in total. The van der Waals surface area contributed by atoms with Gasteiger partial charge in [0.1, 0.15) is 0 Å². The number of hydrogen-bond donors (Lipinski definition) is 1. The Morgan fingerprint density at radius 3 is 2.30 bits per heavy atom. The minimum absolute atomic E-state index is 0.0582. The average molecular weight is 347 g/mol. The second-order valence-corrected chi connectivity index (χ2v) is 6.33. The molecule has 1 saturated carbocycles. The number of halogens is 2. The topological polar surface area (TPSA) is 64.1 Å². The summed E-state index contributed by atoms with van der Waals surface area (Å²) in [5.74, 6) is 0.344. The first-order valence-corrected chi connectivity index (χ1v) is 8.61. The maximum absolute atomic E-state index is 12.0. The Balaban J connectivity index is 0.00000127. The minimum Gasteiger partial charge on any atom is -0.432 e. The Labute approximate surface area is 139 Å². The zero-order valence-corrected chi connectivity index (χ0v) is 14.4. The van der Waals surface area contributed by atoms with Crippen molar-refractivity contribution in [2.24, 2.45) is 0 Å². The molecule has 0 saturated heterocycles. The maximum atomic E-state index is 12.0. The Morgan fingerprint density at radius 1 is 1.26 bits per heavy atom. The molecule has 130 valence electrons. The summed E-state index contributed by atoms with van der Waals surface area (Å²) in [5, 5.41) is 3.72. The highest BCUT2D eigenvalue weighted by molar-refractivity contribution is 8.14. The number of hydrogen-bond acceptors (Lipinski definition) is 6. The summed E-state index contributed by atoms with van der Waals surface area (Å²) in [7, 11) is 0. The molecule has 0 spiro atoms. The summed E-state index contributed by atoms with van der Waals surface area (Å²) in [6.45, 7) is 2.72. The minimum atomic E-state index is -2.87. The molecule has 0 unspecified atom stereocenters. The zero-order chi connectivity index (χ0) is 17.2. The van der Waals surface area contributed by atoms with E-state index in [9.17, 15) is 13.6 Å². The monoisotopic (exact) mass is 347 g/mol. The van der Waals surface area contributed by atoms with Gasteiger partial charge in [-0.3, -0.25) is 4.79 Å². The molecule has 0 amide bonds. The van der Waals surface area contributed by atoms with Crippen LogP contribution in [0.3, 0.4) is 0 Å². The second kappa shape index (κ2) is 10.4. The van der Waals surface area contributed by atoms with E-state index in [4.69, 9.17) is 0 Å². The van der Waals surface area contributed by atoms with Crippen molar-refractivity contribution in [1.29, 1.82) is 0 Å². The van der Waals surface area contributed by atoms with Gasteiger partial charge in [0.2, 0.25) is 5.95 Å². The number of thioether (sulfide) groups is 1. The van der Waals surface area contributed by atoms with E-state index in [1.54, 1.807) is 6.92 Å². The van der Waals surface area contributed by atoms with Gasteiger partial charge in [-0.25, -0.2) is 9.97 Å². The van der Waals surface area contributed by atoms with Crippen molar-refractivity contribution >= 4 is 22.8 Å². The third-order valence-electron chi connectivity index (χ3n) is 3.19. The molecule has 2 rings (SSSR count). The smallest absolute Gasteiger partial charge is 0.387 e. The number of nitrogens with zero attached hydrogens (tertiary/aromatic N) is 2. The van der Waals surface area contributed by atoms with Gasteiger partial charge in [0.15, 0.2) is 10.9 Å². The summed E-state index contributed by atoms with van der Waals surface area (Å²) in [6, 6.07) is 0.246. The van der Waals surface area contributed by atoms with E-state index in [1.807, 2.05) is 13.8 Å². The number of ether oxygens (including phenoxy) is 1. The summed E-state index contributed by atoms with van der Waals surface area (Å²) in [6.07, 6.45) is 6.24. The highest BCUT2D eigenvalue weighted by Crippen LogP contribution is 2.30. The van der Waals surface area contributed by atoms with E-state index in [0.29, 0.717) is 11.2 Å². The molecule has 0 aromatic carbocycles. The van der Waals surface area contributed by atoms with Crippen LogP contribution >= 0.6 is 11.8 Å². The van der Waals surface area contributed by atoms with Crippen molar-refractivity contribution < 1.29 is 18.3 Å². The van der Waals surface area contributed by atoms with Crippen molar-refractivity contribution in [1.82, 2.24) is 9.97 Å². The largest absolute Gasteiger partial charge is 0.432 e. The van der Waals surface area contributed by atoms with Gasteiger partial charge >= 0.3 is 6.61 Å². The SMILES string of the molecule is CC.CC(=O)SC1CCC(Nc2ncc(OC(F)F)cn2)CC1. The first kappa shape index (κ1) is 19.6. The molecule has 1 aliphatic carbocycles. The van der Waals surface area contributed by atoms with Gasteiger partial charge in [-0.05, 0) is 25.7 Å². The highest BCUT2D eigenvalue weighted by atomic mass is 32.2. The van der Waals surface area contributed by atoms with Gasteiger partial charge in [0.25, 0.3) is 0 Å².